The Morgan fingerprint density at radius 3 is 3.06 bits per heavy atom. The van der Waals surface area contributed by atoms with Crippen LogP contribution in [0.2, 0.25) is 0 Å². The molecule has 1 aliphatic rings. The van der Waals surface area contributed by atoms with Crippen molar-refractivity contribution in [3.63, 3.8) is 0 Å². The van der Waals surface area contributed by atoms with Crippen LogP contribution >= 0.6 is 0 Å². The van der Waals surface area contributed by atoms with Gasteiger partial charge in [-0.1, -0.05) is 0 Å². The molecule has 2 rings (SSSR count). The van der Waals surface area contributed by atoms with Crippen LogP contribution in [0, 0.1) is 0 Å². The van der Waals surface area contributed by atoms with Gasteiger partial charge in [-0.2, -0.15) is 5.10 Å². The Labute approximate surface area is 107 Å². The first kappa shape index (κ1) is 13.0. The molecule has 0 aromatic carbocycles. The molecule has 1 aliphatic heterocycles. The van der Waals surface area contributed by atoms with Gasteiger partial charge in [0, 0.05) is 39.0 Å². The van der Waals surface area contributed by atoms with E-state index in [-0.39, 0.29) is 18.5 Å². The average molecular weight is 252 g/mol. The van der Waals surface area contributed by atoms with Crippen molar-refractivity contribution in [1.82, 2.24) is 14.7 Å². The molecule has 0 saturated carbocycles. The summed E-state index contributed by atoms with van der Waals surface area (Å²) in [5.74, 6) is -0.0219. The second-order valence-corrected chi connectivity index (χ2v) is 4.60. The number of ether oxygens (including phenoxy) is 1. The topological polar surface area (TPSA) is 73.4 Å². The summed E-state index contributed by atoms with van der Waals surface area (Å²) in [6.45, 7) is 0.976. The number of likely N-dealkylation sites (tertiary alicyclic amines) is 1. The van der Waals surface area contributed by atoms with Crippen LogP contribution in [-0.4, -0.2) is 46.9 Å². The van der Waals surface area contributed by atoms with Gasteiger partial charge in [0.2, 0.25) is 0 Å². The Kier molecular flexibility index (Phi) is 3.98. The summed E-state index contributed by atoms with van der Waals surface area (Å²) in [5, 5.41) is 4.16. The zero-order valence-electron chi connectivity index (χ0n) is 10.9. The Bertz CT molecular complexity index is 414. The minimum Gasteiger partial charge on any atom is -0.370 e. The molecule has 1 amide bonds. The van der Waals surface area contributed by atoms with Crippen molar-refractivity contribution >= 4 is 5.91 Å². The van der Waals surface area contributed by atoms with E-state index < -0.39 is 6.10 Å². The third-order valence-corrected chi connectivity index (χ3v) is 3.42. The molecule has 100 valence electrons. The van der Waals surface area contributed by atoms with Gasteiger partial charge in [-0.3, -0.25) is 9.48 Å². The second kappa shape index (κ2) is 5.49. The van der Waals surface area contributed by atoms with Crippen LogP contribution in [0.3, 0.4) is 0 Å². The monoisotopic (exact) mass is 252 g/mol. The molecule has 1 aromatic rings. The number of hydrogen-bond donors (Lipinski definition) is 1. The molecule has 6 nitrogen and oxygen atoms in total. The van der Waals surface area contributed by atoms with Crippen molar-refractivity contribution in [3.8, 4) is 0 Å². The Hall–Kier alpha value is -1.40. The van der Waals surface area contributed by atoms with Crippen molar-refractivity contribution in [2.24, 2.45) is 12.8 Å². The Morgan fingerprint density at radius 2 is 2.50 bits per heavy atom. The van der Waals surface area contributed by atoms with E-state index in [9.17, 15) is 4.79 Å². The van der Waals surface area contributed by atoms with Crippen molar-refractivity contribution in [2.75, 3.05) is 20.2 Å². The average Bonchev–Trinajstić information content (AvgIpc) is 2.98. The third-order valence-electron chi connectivity index (χ3n) is 3.42. The molecule has 0 aliphatic carbocycles. The fraction of sp³-hybridized carbons (Fsp3) is 0.667. The Balaban J connectivity index is 2.14. The van der Waals surface area contributed by atoms with Gasteiger partial charge in [-0.15, -0.1) is 0 Å². The zero-order chi connectivity index (χ0) is 13.1. The molecule has 6 heteroatoms. The van der Waals surface area contributed by atoms with Gasteiger partial charge in [0.05, 0.1) is 12.2 Å². The van der Waals surface area contributed by atoms with Crippen molar-refractivity contribution in [3.05, 3.63) is 18.0 Å². The molecule has 1 saturated heterocycles. The molecule has 1 aromatic heterocycles. The standard InChI is InChI=1S/C12H20N4O2/c1-15-8-9(7-14-15)10-4-3-5-16(10)12(17)11(6-13)18-2/h7-8,10-11H,3-6,13H2,1-2H3. The van der Waals surface area contributed by atoms with Crippen LogP contribution < -0.4 is 5.73 Å². The second-order valence-electron chi connectivity index (χ2n) is 4.60. The molecular weight excluding hydrogens is 232 g/mol. The fourth-order valence-corrected chi connectivity index (χ4v) is 2.47. The molecule has 18 heavy (non-hydrogen) atoms. The summed E-state index contributed by atoms with van der Waals surface area (Å²) in [6, 6.07) is 0.107. The van der Waals surface area contributed by atoms with Crippen molar-refractivity contribution in [2.45, 2.75) is 25.0 Å². The molecule has 2 unspecified atom stereocenters. The first-order valence-corrected chi connectivity index (χ1v) is 6.19. The van der Waals surface area contributed by atoms with Gasteiger partial charge in [0.25, 0.3) is 5.91 Å². The molecule has 0 spiro atoms. The number of nitrogens with two attached hydrogens (primary N) is 1. The van der Waals surface area contributed by atoms with Gasteiger partial charge in [0.15, 0.2) is 0 Å². The third kappa shape index (κ3) is 2.39. The zero-order valence-corrected chi connectivity index (χ0v) is 10.9. The number of aryl methyl sites for hydroxylation is 1. The number of carbonyl (C=O) groups excluding carboxylic acids is 1. The lowest BCUT2D eigenvalue weighted by Gasteiger charge is -2.27. The van der Waals surface area contributed by atoms with Crippen LogP contribution in [0.25, 0.3) is 0 Å². The number of rotatable bonds is 4. The number of aromatic nitrogens is 2. The highest BCUT2D eigenvalue weighted by molar-refractivity contribution is 5.82. The number of carbonyl (C=O) groups is 1. The van der Waals surface area contributed by atoms with E-state index in [0.717, 1.165) is 24.9 Å². The lowest BCUT2D eigenvalue weighted by atomic mass is 10.1. The lowest BCUT2D eigenvalue weighted by Crippen LogP contribution is -2.43. The van der Waals surface area contributed by atoms with E-state index in [1.54, 1.807) is 4.68 Å². The van der Waals surface area contributed by atoms with Crippen molar-refractivity contribution < 1.29 is 9.53 Å². The molecule has 2 atom stereocenters. The molecule has 2 heterocycles. The fourth-order valence-electron chi connectivity index (χ4n) is 2.47. The van der Waals surface area contributed by atoms with Gasteiger partial charge in [-0.25, -0.2) is 0 Å². The van der Waals surface area contributed by atoms with E-state index >= 15 is 0 Å². The number of nitrogens with zero attached hydrogens (tertiary/aromatic N) is 3. The SMILES string of the molecule is COC(CN)C(=O)N1CCCC1c1cnn(C)c1. The molecule has 0 radical (unpaired) electrons. The summed E-state index contributed by atoms with van der Waals surface area (Å²) >= 11 is 0. The van der Waals surface area contributed by atoms with E-state index in [1.165, 1.54) is 7.11 Å². The summed E-state index contributed by atoms with van der Waals surface area (Å²) in [6.07, 6.45) is 5.22. The molecular formula is C12H20N4O2. The molecule has 1 fully saturated rings. The Morgan fingerprint density at radius 1 is 1.72 bits per heavy atom. The smallest absolute Gasteiger partial charge is 0.253 e. The maximum absolute atomic E-state index is 12.3. The minimum absolute atomic E-state index is 0.0219. The summed E-state index contributed by atoms with van der Waals surface area (Å²) in [5.41, 5.74) is 6.63. The largest absolute Gasteiger partial charge is 0.370 e. The van der Waals surface area contributed by atoms with E-state index in [2.05, 4.69) is 5.10 Å². The predicted molar refractivity (Wildman–Crippen MR) is 66.7 cm³/mol. The summed E-state index contributed by atoms with van der Waals surface area (Å²) in [4.78, 5) is 14.2. The van der Waals surface area contributed by atoms with Gasteiger partial charge in [0.1, 0.15) is 6.10 Å². The quantitative estimate of drug-likeness (QED) is 0.822. The summed E-state index contributed by atoms with van der Waals surface area (Å²) in [7, 11) is 3.40. The highest BCUT2D eigenvalue weighted by atomic mass is 16.5. The molecule has 2 N–H and O–H groups in total. The number of methoxy groups -OCH3 is 1. The van der Waals surface area contributed by atoms with Crippen LogP contribution in [0.15, 0.2) is 12.4 Å². The van der Waals surface area contributed by atoms with E-state index in [1.807, 2.05) is 24.3 Å². The van der Waals surface area contributed by atoms with Crippen LogP contribution in [-0.2, 0) is 16.6 Å². The van der Waals surface area contributed by atoms with Crippen LogP contribution in [0.1, 0.15) is 24.4 Å². The van der Waals surface area contributed by atoms with Crippen molar-refractivity contribution in [1.29, 1.82) is 0 Å². The van der Waals surface area contributed by atoms with Gasteiger partial charge in [-0.05, 0) is 12.8 Å². The van der Waals surface area contributed by atoms with Crippen LogP contribution in [0.4, 0.5) is 0 Å². The van der Waals surface area contributed by atoms with Crippen LogP contribution in [0.5, 0.6) is 0 Å². The highest BCUT2D eigenvalue weighted by Crippen LogP contribution is 2.32. The van der Waals surface area contributed by atoms with Gasteiger partial charge < -0.3 is 15.4 Å². The lowest BCUT2D eigenvalue weighted by molar-refractivity contribution is -0.142. The summed E-state index contributed by atoms with van der Waals surface area (Å²) < 4.78 is 6.88. The first-order chi connectivity index (χ1) is 8.67. The predicted octanol–water partition coefficient (Wildman–Crippen LogP) is 0.0573. The number of amides is 1. The maximum Gasteiger partial charge on any atom is 0.253 e. The first-order valence-electron chi connectivity index (χ1n) is 6.19. The number of hydrogen-bond acceptors (Lipinski definition) is 4. The van der Waals surface area contributed by atoms with E-state index in [0.29, 0.717) is 0 Å². The normalized spacial score (nSPS) is 21.3. The maximum atomic E-state index is 12.3. The minimum atomic E-state index is -0.540. The highest BCUT2D eigenvalue weighted by Gasteiger charge is 2.34. The van der Waals surface area contributed by atoms with E-state index in [4.69, 9.17) is 10.5 Å². The molecule has 0 bridgehead atoms. The van der Waals surface area contributed by atoms with Gasteiger partial charge >= 0.3 is 0 Å².